The Morgan fingerprint density at radius 2 is 2.00 bits per heavy atom. The molecule has 0 aliphatic carbocycles. The van der Waals surface area contributed by atoms with Crippen LogP contribution in [0.4, 0.5) is 0 Å². The summed E-state index contributed by atoms with van der Waals surface area (Å²) in [7, 11) is 1.52. The molecule has 2 fully saturated rings. The van der Waals surface area contributed by atoms with E-state index in [-0.39, 0.29) is 18.6 Å². The van der Waals surface area contributed by atoms with Crippen molar-refractivity contribution < 1.29 is 19.4 Å². The number of rotatable bonds is 3. The fourth-order valence-electron chi connectivity index (χ4n) is 3.94. The zero-order valence-electron chi connectivity index (χ0n) is 16.0. The van der Waals surface area contributed by atoms with Crippen molar-refractivity contribution in [1.82, 2.24) is 9.80 Å². The van der Waals surface area contributed by atoms with E-state index in [1.807, 2.05) is 12.1 Å². The van der Waals surface area contributed by atoms with Gasteiger partial charge in [0.1, 0.15) is 5.75 Å². The average molecular weight is 437 g/mol. The quantitative estimate of drug-likeness (QED) is 0.800. The lowest BCUT2D eigenvalue weighted by atomic mass is 10.00. The Hall–Kier alpha value is -1.83. The standard InChI is InChI=1S/C21H22Cl2N2O4/c1-28-18-8-4-5-15(19(18)23)20(26)24-9-10-25-13-21(27,29-12-14(25)11-24)16-6-2-3-7-17(16)22/h2-8,14,27H,9-13H2,1H3/t14-,21-/m0/s1. The highest BCUT2D eigenvalue weighted by Gasteiger charge is 2.44. The van der Waals surface area contributed by atoms with E-state index in [1.54, 1.807) is 35.2 Å². The first-order chi connectivity index (χ1) is 13.9. The van der Waals surface area contributed by atoms with Crippen LogP contribution in [-0.2, 0) is 10.5 Å². The fourth-order valence-corrected chi connectivity index (χ4v) is 4.51. The Labute approximate surface area is 179 Å². The van der Waals surface area contributed by atoms with Crippen molar-refractivity contribution in [2.45, 2.75) is 11.8 Å². The Morgan fingerprint density at radius 3 is 2.76 bits per heavy atom. The second kappa shape index (κ2) is 8.13. The van der Waals surface area contributed by atoms with E-state index in [4.69, 9.17) is 32.7 Å². The van der Waals surface area contributed by atoms with Crippen molar-refractivity contribution in [3.8, 4) is 5.75 Å². The van der Waals surface area contributed by atoms with E-state index in [1.165, 1.54) is 7.11 Å². The van der Waals surface area contributed by atoms with Crippen LogP contribution in [0.15, 0.2) is 42.5 Å². The number of hydrogen-bond acceptors (Lipinski definition) is 5. The number of nitrogens with zero attached hydrogens (tertiary/aromatic N) is 2. The van der Waals surface area contributed by atoms with Crippen LogP contribution >= 0.6 is 23.2 Å². The molecule has 0 spiro atoms. The van der Waals surface area contributed by atoms with Gasteiger partial charge in [-0.05, 0) is 18.2 Å². The first kappa shape index (κ1) is 20.4. The number of benzene rings is 2. The molecule has 6 nitrogen and oxygen atoms in total. The first-order valence-electron chi connectivity index (χ1n) is 9.40. The summed E-state index contributed by atoms with van der Waals surface area (Å²) in [5, 5.41) is 11.8. The van der Waals surface area contributed by atoms with Crippen molar-refractivity contribution in [3.63, 3.8) is 0 Å². The first-order valence-corrected chi connectivity index (χ1v) is 10.2. The lowest BCUT2D eigenvalue weighted by Crippen LogP contribution is -2.63. The van der Waals surface area contributed by atoms with Crippen LogP contribution in [0.3, 0.4) is 0 Å². The number of morpholine rings is 1. The van der Waals surface area contributed by atoms with E-state index in [0.29, 0.717) is 53.1 Å². The zero-order valence-corrected chi connectivity index (χ0v) is 17.5. The van der Waals surface area contributed by atoms with Gasteiger partial charge in [0.15, 0.2) is 0 Å². The minimum absolute atomic E-state index is 0.0140. The third kappa shape index (κ3) is 3.83. The maximum atomic E-state index is 13.0. The molecule has 1 N–H and O–H groups in total. The van der Waals surface area contributed by atoms with Crippen LogP contribution in [0.5, 0.6) is 5.75 Å². The summed E-state index contributed by atoms with van der Waals surface area (Å²) in [5.74, 6) is -1.13. The van der Waals surface area contributed by atoms with Gasteiger partial charge in [-0.1, -0.05) is 47.5 Å². The monoisotopic (exact) mass is 436 g/mol. The minimum Gasteiger partial charge on any atom is -0.495 e. The molecule has 29 heavy (non-hydrogen) atoms. The van der Waals surface area contributed by atoms with E-state index in [0.717, 1.165) is 0 Å². The molecule has 0 unspecified atom stereocenters. The maximum absolute atomic E-state index is 13.0. The van der Waals surface area contributed by atoms with Crippen LogP contribution in [0.2, 0.25) is 10.0 Å². The van der Waals surface area contributed by atoms with Gasteiger partial charge in [0.25, 0.3) is 5.91 Å². The molecule has 2 atom stereocenters. The van der Waals surface area contributed by atoms with Gasteiger partial charge in [0.2, 0.25) is 5.79 Å². The molecule has 2 saturated heterocycles. The van der Waals surface area contributed by atoms with Gasteiger partial charge in [-0.25, -0.2) is 0 Å². The average Bonchev–Trinajstić information content (AvgIpc) is 2.73. The number of amides is 1. The molecule has 2 aromatic rings. The Bertz CT molecular complexity index is 925. The summed E-state index contributed by atoms with van der Waals surface area (Å²) in [6.45, 7) is 2.22. The Morgan fingerprint density at radius 1 is 1.21 bits per heavy atom. The molecule has 0 saturated carbocycles. The topological polar surface area (TPSA) is 62.2 Å². The molecule has 0 aromatic heterocycles. The molecule has 4 rings (SSSR count). The summed E-state index contributed by atoms with van der Waals surface area (Å²) in [4.78, 5) is 16.9. The second-order valence-electron chi connectivity index (χ2n) is 7.27. The number of carbonyl (C=O) groups excluding carboxylic acids is 1. The van der Waals surface area contributed by atoms with E-state index >= 15 is 0 Å². The molecular weight excluding hydrogens is 415 g/mol. The zero-order chi connectivity index (χ0) is 20.6. The third-order valence-corrected chi connectivity index (χ3v) is 6.25. The van der Waals surface area contributed by atoms with Crippen molar-refractivity contribution in [3.05, 3.63) is 63.6 Å². The second-order valence-corrected chi connectivity index (χ2v) is 8.06. The van der Waals surface area contributed by atoms with Gasteiger partial charge >= 0.3 is 0 Å². The van der Waals surface area contributed by atoms with Gasteiger partial charge in [-0.3, -0.25) is 9.69 Å². The van der Waals surface area contributed by atoms with Crippen molar-refractivity contribution in [2.75, 3.05) is 39.9 Å². The molecule has 8 heteroatoms. The van der Waals surface area contributed by atoms with Crippen LogP contribution in [0.25, 0.3) is 0 Å². The molecule has 2 aromatic carbocycles. The number of hydrogen-bond donors (Lipinski definition) is 1. The van der Waals surface area contributed by atoms with Crippen molar-refractivity contribution in [1.29, 1.82) is 0 Å². The third-order valence-electron chi connectivity index (χ3n) is 5.53. The van der Waals surface area contributed by atoms with Gasteiger partial charge in [0, 0.05) is 30.2 Å². The lowest BCUT2D eigenvalue weighted by molar-refractivity contribution is -0.265. The molecule has 154 valence electrons. The van der Waals surface area contributed by atoms with Crippen LogP contribution < -0.4 is 4.74 Å². The van der Waals surface area contributed by atoms with Crippen LogP contribution in [-0.4, -0.2) is 66.8 Å². The summed E-state index contributed by atoms with van der Waals surface area (Å²) in [6, 6.07) is 12.3. The number of fused-ring (bicyclic) bond motifs is 1. The predicted octanol–water partition coefficient (Wildman–Crippen LogP) is 3.00. The highest BCUT2D eigenvalue weighted by Crippen LogP contribution is 2.35. The molecular formula is C21H22Cl2N2O4. The molecule has 1 amide bonds. The Kier molecular flexibility index (Phi) is 5.73. The van der Waals surface area contributed by atoms with E-state index < -0.39 is 5.79 Å². The number of methoxy groups -OCH3 is 1. The fraction of sp³-hybridized carbons (Fsp3) is 0.381. The summed E-state index contributed by atoms with van der Waals surface area (Å²) >= 11 is 12.6. The Balaban J connectivity index is 1.48. The number of ether oxygens (including phenoxy) is 2. The van der Waals surface area contributed by atoms with E-state index in [9.17, 15) is 9.90 Å². The van der Waals surface area contributed by atoms with Crippen molar-refractivity contribution in [2.24, 2.45) is 0 Å². The lowest BCUT2D eigenvalue weighted by Gasteiger charge is -2.49. The van der Waals surface area contributed by atoms with Gasteiger partial charge in [-0.2, -0.15) is 0 Å². The molecule has 0 radical (unpaired) electrons. The smallest absolute Gasteiger partial charge is 0.255 e. The highest BCUT2D eigenvalue weighted by molar-refractivity contribution is 6.35. The maximum Gasteiger partial charge on any atom is 0.255 e. The SMILES string of the molecule is COc1cccc(C(=O)N2CCN3C[C@@](O)(c4ccccc4Cl)OC[C@@H]3C2)c1Cl. The summed E-state index contributed by atoms with van der Waals surface area (Å²) in [6.07, 6.45) is 0. The van der Waals surface area contributed by atoms with Crippen LogP contribution in [0, 0.1) is 0 Å². The summed E-state index contributed by atoms with van der Waals surface area (Å²) < 4.78 is 11.1. The molecule has 0 bridgehead atoms. The largest absolute Gasteiger partial charge is 0.495 e. The molecule has 2 aliphatic heterocycles. The van der Waals surface area contributed by atoms with Gasteiger partial charge < -0.3 is 19.5 Å². The molecule has 2 heterocycles. The number of halogens is 2. The van der Waals surface area contributed by atoms with E-state index in [2.05, 4.69) is 4.90 Å². The number of aliphatic hydroxyl groups is 1. The van der Waals surface area contributed by atoms with Gasteiger partial charge in [-0.15, -0.1) is 0 Å². The van der Waals surface area contributed by atoms with Crippen LogP contribution in [0.1, 0.15) is 15.9 Å². The predicted molar refractivity (Wildman–Crippen MR) is 111 cm³/mol. The highest BCUT2D eigenvalue weighted by atomic mass is 35.5. The number of piperazine rings is 1. The minimum atomic E-state index is -1.46. The molecule has 2 aliphatic rings. The normalized spacial score (nSPS) is 24.8. The van der Waals surface area contributed by atoms with Gasteiger partial charge in [0.05, 0.1) is 36.9 Å². The summed E-state index contributed by atoms with van der Waals surface area (Å²) in [5.41, 5.74) is 0.977. The number of carbonyl (C=O) groups is 1. The van der Waals surface area contributed by atoms with Crippen molar-refractivity contribution >= 4 is 29.1 Å².